The second kappa shape index (κ2) is 7.56. The Morgan fingerprint density at radius 3 is 2.69 bits per heavy atom. The fourth-order valence-electron chi connectivity index (χ4n) is 0.965. The van der Waals surface area contributed by atoms with Crippen LogP contribution >= 0.6 is 0 Å². The molecule has 0 radical (unpaired) electrons. The topological polar surface area (TPSA) is 64.3 Å². The van der Waals surface area contributed by atoms with Crippen molar-refractivity contribution in [3.63, 3.8) is 0 Å². The Morgan fingerprint density at radius 1 is 1.46 bits per heavy atom. The maximum atomic E-state index is 11.1. The number of carbonyl (C=O) groups is 1. The summed E-state index contributed by atoms with van der Waals surface area (Å²) in [7, 11) is 1.69. The van der Waals surface area contributed by atoms with Crippen molar-refractivity contribution < 1.29 is 9.90 Å². The van der Waals surface area contributed by atoms with Crippen molar-refractivity contribution in [3.8, 4) is 6.07 Å². The Labute approximate surface area is 78.8 Å². The average molecular weight is 184 g/mol. The van der Waals surface area contributed by atoms with Crippen LogP contribution in [0.15, 0.2) is 0 Å². The lowest BCUT2D eigenvalue weighted by molar-refractivity contribution is -0.128. The van der Waals surface area contributed by atoms with E-state index in [4.69, 9.17) is 10.4 Å². The second-order valence-electron chi connectivity index (χ2n) is 2.93. The summed E-state index contributed by atoms with van der Waals surface area (Å²) in [5.41, 5.74) is 0. The molecule has 0 aliphatic carbocycles. The smallest absolute Gasteiger partial charge is 0.236 e. The van der Waals surface area contributed by atoms with Gasteiger partial charge in [0.25, 0.3) is 0 Å². The van der Waals surface area contributed by atoms with Gasteiger partial charge in [-0.2, -0.15) is 5.26 Å². The molecule has 0 aromatic heterocycles. The molecule has 0 aromatic carbocycles. The molecule has 0 aliphatic rings. The molecule has 0 saturated carbocycles. The highest BCUT2D eigenvalue weighted by atomic mass is 16.2. The molecule has 0 aliphatic heterocycles. The number of aliphatic hydroxyl groups excluding tert-OH is 1. The van der Waals surface area contributed by atoms with Gasteiger partial charge in [0.05, 0.1) is 6.07 Å². The van der Waals surface area contributed by atoms with E-state index in [2.05, 4.69) is 0 Å². The Kier molecular flexibility index (Phi) is 6.93. The average Bonchev–Trinajstić information content (AvgIpc) is 2.12. The van der Waals surface area contributed by atoms with Crippen molar-refractivity contribution in [3.05, 3.63) is 0 Å². The van der Waals surface area contributed by atoms with Crippen LogP contribution in [0.5, 0.6) is 0 Å². The van der Waals surface area contributed by atoms with Gasteiger partial charge in [-0.1, -0.05) is 0 Å². The molecule has 1 amide bonds. The van der Waals surface area contributed by atoms with Gasteiger partial charge >= 0.3 is 0 Å². The third kappa shape index (κ3) is 6.12. The number of nitriles is 1. The largest absolute Gasteiger partial charge is 0.396 e. The van der Waals surface area contributed by atoms with E-state index in [1.807, 2.05) is 6.07 Å². The minimum absolute atomic E-state index is 0.0451. The van der Waals surface area contributed by atoms with Crippen LogP contribution in [0.3, 0.4) is 0 Å². The van der Waals surface area contributed by atoms with Gasteiger partial charge in [-0.25, -0.2) is 0 Å². The molecule has 0 atom stereocenters. The molecule has 4 nitrogen and oxygen atoms in total. The number of hydrogen-bond donors (Lipinski definition) is 1. The van der Waals surface area contributed by atoms with E-state index in [0.717, 1.165) is 19.3 Å². The van der Waals surface area contributed by atoms with Crippen LogP contribution < -0.4 is 0 Å². The molecular weight excluding hydrogens is 168 g/mol. The van der Waals surface area contributed by atoms with Crippen molar-refractivity contribution in [2.75, 3.05) is 20.2 Å². The standard InChI is InChI=1S/C9H16N2O2/c1-11(9(13)5-6-10)7-3-2-4-8-12/h12H,2-5,7-8H2,1H3. The zero-order chi connectivity index (χ0) is 10.1. The fourth-order valence-corrected chi connectivity index (χ4v) is 0.965. The molecule has 0 bridgehead atoms. The summed E-state index contributed by atoms with van der Waals surface area (Å²) < 4.78 is 0. The zero-order valence-corrected chi connectivity index (χ0v) is 7.99. The van der Waals surface area contributed by atoms with Crippen LogP contribution in [0.25, 0.3) is 0 Å². The first-order chi connectivity index (χ1) is 6.22. The van der Waals surface area contributed by atoms with Gasteiger partial charge in [0.2, 0.25) is 5.91 Å². The van der Waals surface area contributed by atoms with E-state index in [-0.39, 0.29) is 18.9 Å². The Hall–Kier alpha value is -1.08. The van der Waals surface area contributed by atoms with Crippen LogP contribution in [-0.4, -0.2) is 36.1 Å². The zero-order valence-electron chi connectivity index (χ0n) is 7.99. The molecule has 13 heavy (non-hydrogen) atoms. The van der Waals surface area contributed by atoms with Crippen LogP contribution in [-0.2, 0) is 4.79 Å². The Morgan fingerprint density at radius 2 is 2.15 bits per heavy atom. The number of rotatable bonds is 6. The highest BCUT2D eigenvalue weighted by Gasteiger charge is 2.06. The molecule has 4 heteroatoms. The quantitative estimate of drug-likeness (QED) is 0.612. The van der Waals surface area contributed by atoms with Crippen molar-refractivity contribution >= 4 is 5.91 Å². The van der Waals surface area contributed by atoms with Crippen LogP contribution in [0.1, 0.15) is 25.7 Å². The van der Waals surface area contributed by atoms with E-state index < -0.39 is 0 Å². The molecule has 0 rings (SSSR count). The number of nitrogens with zero attached hydrogens (tertiary/aromatic N) is 2. The third-order valence-electron chi connectivity index (χ3n) is 1.81. The first-order valence-corrected chi connectivity index (χ1v) is 4.44. The lowest BCUT2D eigenvalue weighted by Gasteiger charge is -2.14. The first-order valence-electron chi connectivity index (χ1n) is 4.44. The number of amides is 1. The van der Waals surface area contributed by atoms with Gasteiger partial charge < -0.3 is 10.0 Å². The van der Waals surface area contributed by atoms with Gasteiger partial charge in [0, 0.05) is 20.2 Å². The maximum Gasteiger partial charge on any atom is 0.236 e. The van der Waals surface area contributed by atoms with Gasteiger partial charge in [-0.05, 0) is 19.3 Å². The summed E-state index contributed by atoms with van der Waals surface area (Å²) >= 11 is 0. The molecule has 0 aromatic rings. The van der Waals surface area contributed by atoms with Gasteiger partial charge in [-0.3, -0.25) is 4.79 Å². The molecule has 0 heterocycles. The Balaban J connectivity index is 3.45. The number of carbonyl (C=O) groups excluding carboxylic acids is 1. The SMILES string of the molecule is CN(CCCCCO)C(=O)CC#N. The monoisotopic (exact) mass is 184 g/mol. The fraction of sp³-hybridized carbons (Fsp3) is 0.778. The van der Waals surface area contributed by atoms with E-state index in [0.29, 0.717) is 6.54 Å². The predicted molar refractivity (Wildman–Crippen MR) is 48.8 cm³/mol. The molecule has 0 spiro atoms. The second-order valence-corrected chi connectivity index (χ2v) is 2.93. The molecule has 0 saturated heterocycles. The molecule has 74 valence electrons. The molecule has 0 fully saturated rings. The predicted octanol–water partition coefficient (Wildman–Crippen LogP) is 0.521. The summed E-state index contributed by atoms with van der Waals surface area (Å²) in [4.78, 5) is 12.6. The highest BCUT2D eigenvalue weighted by molar-refractivity contribution is 5.77. The highest BCUT2D eigenvalue weighted by Crippen LogP contribution is 1.98. The third-order valence-corrected chi connectivity index (χ3v) is 1.81. The normalized spacial score (nSPS) is 9.31. The molecular formula is C9H16N2O2. The van der Waals surface area contributed by atoms with Gasteiger partial charge in [-0.15, -0.1) is 0 Å². The summed E-state index contributed by atoms with van der Waals surface area (Å²) in [6.45, 7) is 0.871. The number of hydrogen-bond acceptors (Lipinski definition) is 3. The summed E-state index contributed by atoms with van der Waals surface area (Å²) in [6.07, 6.45) is 2.53. The van der Waals surface area contributed by atoms with E-state index in [1.165, 1.54) is 0 Å². The maximum absolute atomic E-state index is 11.1. The lowest BCUT2D eigenvalue weighted by Crippen LogP contribution is -2.27. The summed E-state index contributed by atoms with van der Waals surface area (Å²) in [5, 5.41) is 16.8. The number of aliphatic hydroxyl groups is 1. The van der Waals surface area contributed by atoms with Crippen molar-refractivity contribution in [2.24, 2.45) is 0 Å². The minimum Gasteiger partial charge on any atom is -0.396 e. The van der Waals surface area contributed by atoms with Crippen molar-refractivity contribution in [1.29, 1.82) is 5.26 Å². The van der Waals surface area contributed by atoms with Crippen molar-refractivity contribution in [2.45, 2.75) is 25.7 Å². The van der Waals surface area contributed by atoms with Crippen LogP contribution in [0, 0.1) is 11.3 Å². The van der Waals surface area contributed by atoms with Gasteiger partial charge in [0.15, 0.2) is 0 Å². The molecule has 0 unspecified atom stereocenters. The Bertz CT molecular complexity index is 187. The van der Waals surface area contributed by atoms with Gasteiger partial charge in [0.1, 0.15) is 6.42 Å². The van der Waals surface area contributed by atoms with Crippen LogP contribution in [0.2, 0.25) is 0 Å². The van der Waals surface area contributed by atoms with E-state index >= 15 is 0 Å². The molecule has 1 N–H and O–H groups in total. The van der Waals surface area contributed by atoms with Crippen molar-refractivity contribution in [1.82, 2.24) is 4.90 Å². The lowest BCUT2D eigenvalue weighted by atomic mass is 10.2. The first kappa shape index (κ1) is 11.9. The minimum atomic E-state index is -0.133. The van der Waals surface area contributed by atoms with Crippen LogP contribution in [0.4, 0.5) is 0 Å². The summed E-state index contributed by atoms with van der Waals surface area (Å²) in [5.74, 6) is -0.133. The van der Waals surface area contributed by atoms with E-state index in [1.54, 1.807) is 11.9 Å². The van der Waals surface area contributed by atoms with E-state index in [9.17, 15) is 4.79 Å². The number of unbranched alkanes of at least 4 members (excludes halogenated alkanes) is 2. The summed E-state index contributed by atoms with van der Waals surface area (Å²) in [6, 6.07) is 1.82.